The van der Waals surface area contributed by atoms with Crippen LogP contribution < -0.4 is 14.2 Å². The first-order valence-corrected chi connectivity index (χ1v) is 7.46. The van der Waals surface area contributed by atoms with Gasteiger partial charge in [-0.1, -0.05) is 6.07 Å². The minimum Gasteiger partial charge on any atom is -0.497 e. The second kappa shape index (κ2) is 8.73. The normalized spacial score (nSPS) is 10.6. The van der Waals surface area contributed by atoms with Crippen LogP contribution in [0.4, 0.5) is 4.39 Å². The summed E-state index contributed by atoms with van der Waals surface area (Å²) in [6, 6.07) is 9.61. The number of benzene rings is 2. The van der Waals surface area contributed by atoms with E-state index in [9.17, 15) is 9.18 Å². The molecule has 0 saturated carbocycles. The Balaban J connectivity index is 2.00. The van der Waals surface area contributed by atoms with Gasteiger partial charge in [0.2, 0.25) is 0 Å². The average molecular weight is 346 g/mol. The standard InChI is InChI=1S/C19H19FO5/c1-22-15-6-8-17(23-2)14(11-15)12-25-19(21)9-5-13-4-7-18(24-3)16(20)10-13/h4-11H,12H2,1-3H3/b9-5+. The van der Waals surface area contributed by atoms with E-state index in [4.69, 9.17) is 18.9 Å². The summed E-state index contributed by atoms with van der Waals surface area (Å²) in [5, 5.41) is 0. The van der Waals surface area contributed by atoms with Crippen molar-refractivity contribution in [3.05, 3.63) is 59.4 Å². The lowest BCUT2D eigenvalue weighted by atomic mass is 10.2. The van der Waals surface area contributed by atoms with Crippen LogP contribution in [0.5, 0.6) is 17.2 Å². The molecule has 0 radical (unpaired) electrons. The highest BCUT2D eigenvalue weighted by Crippen LogP contribution is 2.24. The van der Waals surface area contributed by atoms with E-state index in [0.717, 1.165) is 0 Å². The molecule has 0 N–H and O–H groups in total. The zero-order chi connectivity index (χ0) is 18.2. The summed E-state index contributed by atoms with van der Waals surface area (Å²) in [5.41, 5.74) is 1.20. The minimum absolute atomic E-state index is 0.0283. The van der Waals surface area contributed by atoms with Crippen molar-refractivity contribution in [3.63, 3.8) is 0 Å². The molecule has 0 aliphatic heterocycles. The van der Waals surface area contributed by atoms with Crippen LogP contribution in [-0.4, -0.2) is 27.3 Å². The van der Waals surface area contributed by atoms with E-state index in [1.165, 1.54) is 38.5 Å². The number of carbonyl (C=O) groups is 1. The molecule has 0 atom stereocenters. The minimum atomic E-state index is -0.555. The van der Waals surface area contributed by atoms with Crippen molar-refractivity contribution in [1.29, 1.82) is 0 Å². The van der Waals surface area contributed by atoms with E-state index in [2.05, 4.69) is 0 Å². The Morgan fingerprint density at radius 1 is 1.00 bits per heavy atom. The Morgan fingerprint density at radius 2 is 1.72 bits per heavy atom. The maximum Gasteiger partial charge on any atom is 0.331 e. The van der Waals surface area contributed by atoms with Crippen LogP contribution in [0.3, 0.4) is 0 Å². The molecule has 5 nitrogen and oxygen atoms in total. The van der Waals surface area contributed by atoms with Crippen LogP contribution in [-0.2, 0) is 16.1 Å². The first-order chi connectivity index (χ1) is 12.1. The highest BCUT2D eigenvalue weighted by molar-refractivity contribution is 5.87. The van der Waals surface area contributed by atoms with Crippen molar-refractivity contribution in [1.82, 2.24) is 0 Å². The van der Waals surface area contributed by atoms with Crippen LogP contribution in [0.15, 0.2) is 42.5 Å². The van der Waals surface area contributed by atoms with Crippen molar-refractivity contribution in [3.8, 4) is 17.2 Å². The summed E-state index contributed by atoms with van der Waals surface area (Å²) in [4.78, 5) is 11.9. The van der Waals surface area contributed by atoms with Gasteiger partial charge < -0.3 is 18.9 Å². The lowest BCUT2D eigenvalue weighted by molar-refractivity contribution is -0.138. The van der Waals surface area contributed by atoms with Crippen LogP contribution in [0.25, 0.3) is 6.08 Å². The van der Waals surface area contributed by atoms with Gasteiger partial charge in [0.25, 0.3) is 0 Å². The maximum atomic E-state index is 13.6. The molecule has 0 fully saturated rings. The third-order valence-corrected chi connectivity index (χ3v) is 3.45. The van der Waals surface area contributed by atoms with Crippen LogP contribution in [0, 0.1) is 5.82 Å². The van der Waals surface area contributed by atoms with Crippen molar-refractivity contribution in [2.75, 3.05) is 21.3 Å². The summed E-state index contributed by atoms with van der Waals surface area (Å²) >= 11 is 0. The lowest BCUT2D eigenvalue weighted by Gasteiger charge is -2.10. The fraction of sp³-hybridized carbons (Fsp3) is 0.211. The molecule has 2 aromatic carbocycles. The Kier molecular flexibility index (Phi) is 6.39. The molecule has 132 valence electrons. The molecule has 0 aliphatic rings. The highest BCUT2D eigenvalue weighted by atomic mass is 19.1. The molecule has 25 heavy (non-hydrogen) atoms. The van der Waals surface area contributed by atoms with Gasteiger partial charge in [-0.05, 0) is 42.0 Å². The van der Waals surface area contributed by atoms with Gasteiger partial charge in [0.15, 0.2) is 11.6 Å². The summed E-state index contributed by atoms with van der Waals surface area (Å²) in [7, 11) is 4.47. The fourth-order valence-electron chi connectivity index (χ4n) is 2.14. The van der Waals surface area contributed by atoms with Crippen LogP contribution >= 0.6 is 0 Å². The van der Waals surface area contributed by atoms with Gasteiger partial charge in [0.1, 0.15) is 18.1 Å². The predicted octanol–water partition coefficient (Wildman–Crippen LogP) is 3.61. The number of halogens is 1. The second-order valence-electron chi connectivity index (χ2n) is 5.01. The van der Waals surface area contributed by atoms with Gasteiger partial charge in [0, 0.05) is 11.6 Å². The molecule has 0 aromatic heterocycles. The van der Waals surface area contributed by atoms with Gasteiger partial charge in [-0.2, -0.15) is 0 Å². The van der Waals surface area contributed by atoms with Crippen LogP contribution in [0.1, 0.15) is 11.1 Å². The van der Waals surface area contributed by atoms with Crippen molar-refractivity contribution >= 4 is 12.0 Å². The third-order valence-electron chi connectivity index (χ3n) is 3.45. The fourth-order valence-corrected chi connectivity index (χ4v) is 2.14. The van der Waals surface area contributed by atoms with Crippen molar-refractivity contribution in [2.45, 2.75) is 6.61 Å². The van der Waals surface area contributed by atoms with E-state index in [0.29, 0.717) is 22.6 Å². The average Bonchev–Trinajstić information content (AvgIpc) is 2.64. The highest BCUT2D eigenvalue weighted by Gasteiger charge is 2.08. The van der Waals surface area contributed by atoms with E-state index < -0.39 is 11.8 Å². The molecular weight excluding hydrogens is 327 g/mol. The van der Waals surface area contributed by atoms with Gasteiger partial charge >= 0.3 is 5.97 Å². The molecule has 2 aromatic rings. The molecular formula is C19H19FO5. The lowest BCUT2D eigenvalue weighted by Crippen LogP contribution is -2.02. The maximum absolute atomic E-state index is 13.6. The largest absolute Gasteiger partial charge is 0.497 e. The number of ether oxygens (including phenoxy) is 4. The SMILES string of the molecule is COc1ccc(OC)c(COC(=O)/C=C/c2ccc(OC)c(F)c2)c1. The zero-order valence-electron chi connectivity index (χ0n) is 14.2. The summed E-state index contributed by atoms with van der Waals surface area (Å²) in [6.07, 6.45) is 2.70. The summed E-state index contributed by atoms with van der Waals surface area (Å²) in [6.45, 7) is 0.0283. The monoisotopic (exact) mass is 346 g/mol. The predicted molar refractivity (Wildman–Crippen MR) is 91.3 cm³/mol. The number of esters is 1. The number of hydrogen-bond donors (Lipinski definition) is 0. The number of methoxy groups -OCH3 is 3. The third kappa shape index (κ3) is 4.97. The summed E-state index contributed by atoms with van der Waals surface area (Å²) < 4.78 is 34.0. The van der Waals surface area contributed by atoms with Crippen molar-refractivity contribution < 1.29 is 28.1 Å². The summed E-state index contributed by atoms with van der Waals surface area (Å²) in [5.74, 6) is 0.316. The molecule has 0 heterocycles. The molecule has 0 bridgehead atoms. The van der Waals surface area contributed by atoms with Gasteiger partial charge in [-0.3, -0.25) is 0 Å². The number of carbonyl (C=O) groups excluding carboxylic acids is 1. The van der Waals surface area contributed by atoms with Gasteiger partial charge in [-0.25, -0.2) is 9.18 Å². The number of rotatable bonds is 7. The van der Waals surface area contributed by atoms with Crippen molar-refractivity contribution in [2.24, 2.45) is 0 Å². The Hall–Kier alpha value is -3.02. The van der Waals surface area contributed by atoms with Gasteiger partial charge in [0.05, 0.1) is 21.3 Å². The van der Waals surface area contributed by atoms with E-state index >= 15 is 0 Å². The Bertz CT molecular complexity index is 770. The quantitative estimate of drug-likeness (QED) is 0.566. The first kappa shape index (κ1) is 18.3. The smallest absolute Gasteiger partial charge is 0.331 e. The Morgan fingerprint density at radius 3 is 2.36 bits per heavy atom. The zero-order valence-corrected chi connectivity index (χ0v) is 14.2. The number of hydrogen-bond acceptors (Lipinski definition) is 5. The molecule has 0 unspecified atom stereocenters. The molecule has 0 amide bonds. The molecule has 2 rings (SSSR count). The van der Waals surface area contributed by atoms with Gasteiger partial charge in [-0.15, -0.1) is 0 Å². The molecule has 6 heteroatoms. The van der Waals surface area contributed by atoms with Crippen LogP contribution in [0.2, 0.25) is 0 Å². The topological polar surface area (TPSA) is 54.0 Å². The Labute approximate surface area is 145 Å². The molecule has 0 saturated heterocycles. The first-order valence-electron chi connectivity index (χ1n) is 7.46. The molecule has 0 spiro atoms. The second-order valence-corrected chi connectivity index (χ2v) is 5.01. The molecule has 0 aliphatic carbocycles. The van der Waals surface area contributed by atoms with E-state index in [1.807, 2.05) is 0 Å². The van der Waals surface area contributed by atoms with E-state index in [-0.39, 0.29) is 12.4 Å². The van der Waals surface area contributed by atoms with E-state index in [1.54, 1.807) is 31.4 Å².